The molecule has 3 heteroatoms. The van der Waals surface area contributed by atoms with Crippen LogP contribution in [0.2, 0.25) is 0 Å². The fourth-order valence-electron chi connectivity index (χ4n) is 1.69. The first-order valence-corrected chi connectivity index (χ1v) is 5.54. The van der Waals surface area contributed by atoms with Gasteiger partial charge in [-0.1, -0.05) is 24.3 Å². The Balaban J connectivity index is 1.84. The molecule has 84 valence electrons. The molecule has 0 unspecified atom stereocenters. The molecule has 1 aromatic rings. The van der Waals surface area contributed by atoms with Gasteiger partial charge in [-0.15, -0.1) is 0 Å². The van der Waals surface area contributed by atoms with Gasteiger partial charge in [0.2, 0.25) is 0 Å². The molecule has 0 saturated carbocycles. The summed E-state index contributed by atoms with van der Waals surface area (Å²) < 4.78 is 5.26. The largest absolute Gasteiger partial charge is 0.442 e. The summed E-state index contributed by atoms with van der Waals surface area (Å²) in [5.41, 5.74) is 0.757. The van der Waals surface area contributed by atoms with Crippen molar-refractivity contribution in [1.82, 2.24) is 0 Å². The molecule has 1 aromatic carbocycles. The van der Waals surface area contributed by atoms with Crippen LogP contribution in [0.1, 0.15) is 19.3 Å². The van der Waals surface area contributed by atoms with Crippen LogP contribution in [0.4, 0.5) is 10.5 Å². The van der Waals surface area contributed by atoms with Crippen molar-refractivity contribution in [2.24, 2.45) is 0 Å². The van der Waals surface area contributed by atoms with Gasteiger partial charge in [-0.3, -0.25) is 5.32 Å². The van der Waals surface area contributed by atoms with E-state index < -0.39 is 0 Å². The molecule has 0 saturated heterocycles. The van der Waals surface area contributed by atoms with Gasteiger partial charge in [-0.25, -0.2) is 4.79 Å². The third kappa shape index (κ3) is 3.12. The lowest BCUT2D eigenvalue weighted by atomic mass is 10.1. The molecular formula is C13H15NO2. The number of hydrogen-bond donors (Lipinski definition) is 1. The van der Waals surface area contributed by atoms with Crippen LogP contribution in [0.3, 0.4) is 0 Å². The lowest BCUT2D eigenvalue weighted by Crippen LogP contribution is -2.22. The molecule has 0 aliphatic heterocycles. The van der Waals surface area contributed by atoms with Crippen LogP contribution in [-0.4, -0.2) is 12.2 Å². The van der Waals surface area contributed by atoms with Crippen LogP contribution in [-0.2, 0) is 4.74 Å². The maximum absolute atomic E-state index is 11.5. The lowest BCUT2D eigenvalue weighted by molar-refractivity contribution is 0.126. The first-order valence-electron chi connectivity index (χ1n) is 5.54. The Kier molecular flexibility index (Phi) is 3.59. The zero-order chi connectivity index (χ0) is 11.2. The highest BCUT2D eigenvalue weighted by molar-refractivity contribution is 5.84. The SMILES string of the molecule is O=C(Nc1ccccc1)O[C@@H]1C=CCCC1. The summed E-state index contributed by atoms with van der Waals surface area (Å²) in [4.78, 5) is 11.5. The Hall–Kier alpha value is -1.77. The predicted molar refractivity (Wildman–Crippen MR) is 63.3 cm³/mol. The van der Waals surface area contributed by atoms with E-state index in [1.165, 1.54) is 0 Å². The highest BCUT2D eigenvalue weighted by Gasteiger charge is 2.13. The van der Waals surface area contributed by atoms with Gasteiger partial charge < -0.3 is 4.74 Å². The van der Waals surface area contributed by atoms with Gasteiger partial charge >= 0.3 is 6.09 Å². The van der Waals surface area contributed by atoms with Crippen LogP contribution < -0.4 is 5.32 Å². The summed E-state index contributed by atoms with van der Waals surface area (Å²) in [7, 11) is 0. The van der Waals surface area contributed by atoms with Crippen LogP contribution in [0, 0.1) is 0 Å². The Morgan fingerprint density at radius 2 is 2.12 bits per heavy atom. The number of amides is 1. The van der Waals surface area contributed by atoms with Crippen molar-refractivity contribution in [2.75, 3.05) is 5.32 Å². The van der Waals surface area contributed by atoms with Gasteiger partial charge in [-0.2, -0.15) is 0 Å². The Bertz CT molecular complexity index is 373. The summed E-state index contributed by atoms with van der Waals surface area (Å²) in [5.74, 6) is 0. The molecule has 0 aromatic heterocycles. The third-order valence-electron chi connectivity index (χ3n) is 2.49. The number of carbonyl (C=O) groups is 1. The number of hydrogen-bond acceptors (Lipinski definition) is 2. The average molecular weight is 217 g/mol. The molecule has 16 heavy (non-hydrogen) atoms. The van der Waals surface area contributed by atoms with Gasteiger partial charge in [-0.05, 0) is 37.5 Å². The van der Waals surface area contributed by atoms with E-state index in [1.54, 1.807) is 0 Å². The van der Waals surface area contributed by atoms with E-state index >= 15 is 0 Å². The maximum Gasteiger partial charge on any atom is 0.412 e. The topological polar surface area (TPSA) is 38.3 Å². The van der Waals surface area contributed by atoms with Crippen molar-refractivity contribution in [3.8, 4) is 0 Å². The molecule has 1 N–H and O–H groups in total. The van der Waals surface area contributed by atoms with Crippen LogP contribution in [0.5, 0.6) is 0 Å². The molecule has 1 atom stereocenters. The molecule has 0 bridgehead atoms. The van der Waals surface area contributed by atoms with Crippen molar-refractivity contribution < 1.29 is 9.53 Å². The number of nitrogens with one attached hydrogen (secondary N) is 1. The van der Waals surface area contributed by atoms with Gasteiger partial charge in [0.25, 0.3) is 0 Å². The fourth-order valence-corrected chi connectivity index (χ4v) is 1.69. The summed E-state index contributed by atoms with van der Waals surface area (Å²) in [6, 6.07) is 9.31. The Labute approximate surface area is 95.1 Å². The number of benzene rings is 1. The normalized spacial score (nSPS) is 19.1. The maximum atomic E-state index is 11.5. The zero-order valence-electron chi connectivity index (χ0n) is 9.06. The standard InChI is InChI=1S/C13H15NO2/c15-13(14-11-7-3-1-4-8-11)16-12-9-5-2-6-10-12/h1,3-5,7-9,12H,2,6,10H2,(H,14,15)/t12-/m1/s1. The van der Waals surface area contributed by atoms with E-state index in [1.807, 2.05) is 36.4 Å². The number of rotatable bonds is 2. The second-order valence-corrected chi connectivity index (χ2v) is 3.79. The molecule has 2 rings (SSSR count). The van der Waals surface area contributed by atoms with E-state index in [0.717, 1.165) is 24.9 Å². The first-order chi connectivity index (χ1) is 7.84. The minimum atomic E-state index is -0.386. The van der Waals surface area contributed by atoms with Crippen molar-refractivity contribution in [1.29, 1.82) is 0 Å². The van der Waals surface area contributed by atoms with E-state index in [2.05, 4.69) is 11.4 Å². The molecule has 1 aliphatic carbocycles. The smallest absolute Gasteiger partial charge is 0.412 e. The number of para-hydroxylation sites is 1. The van der Waals surface area contributed by atoms with E-state index in [-0.39, 0.29) is 12.2 Å². The van der Waals surface area contributed by atoms with E-state index in [4.69, 9.17) is 4.74 Å². The lowest BCUT2D eigenvalue weighted by Gasteiger charge is -2.17. The molecule has 0 fully saturated rings. The van der Waals surface area contributed by atoms with Crippen molar-refractivity contribution >= 4 is 11.8 Å². The van der Waals surface area contributed by atoms with Gasteiger partial charge in [0.1, 0.15) is 6.10 Å². The second-order valence-electron chi connectivity index (χ2n) is 3.79. The average Bonchev–Trinajstić information content (AvgIpc) is 2.31. The summed E-state index contributed by atoms with van der Waals surface area (Å²) in [5, 5.41) is 2.69. The predicted octanol–water partition coefficient (Wildman–Crippen LogP) is 3.34. The number of anilines is 1. The molecule has 1 amide bonds. The molecule has 1 aliphatic rings. The van der Waals surface area contributed by atoms with Crippen molar-refractivity contribution in [3.05, 3.63) is 42.5 Å². The number of carbonyl (C=O) groups excluding carboxylic acids is 1. The zero-order valence-corrected chi connectivity index (χ0v) is 9.06. The minimum absolute atomic E-state index is 0.0718. The quantitative estimate of drug-likeness (QED) is 0.771. The fraction of sp³-hybridized carbons (Fsp3) is 0.308. The Morgan fingerprint density at radius 3 is 2.81 bits per heavy atom. The number of ether oxygens (including phenoxy) is 1. The van der Waals surface area contributed by atoms with Gasteiger partial charge in [0.05, 0.1) is 0 Å². The third-order valence-corrected chi connectivity index (χ3v) is 2.49. The molecular weight excluding hydrogens is 202 g/mol. The monoisotopic (exact) mass is 217 g/mol. The van der Waals surface area contributed by atoms with E-state index in [0.29, 0.717) is 0 Å². The summed E-state index contributed by atoms with van der Waals surface area (Å²) >= 11 is 0. The molecule has 3 nitrogen and oxygen atoms in total. The van der Waals surface area contributed by atoms with Gasteiger partial charge in [0, 0.05) is 5.69 Å². The summed E-state index contributed by atoms with van der Waals surface area (Å²) in [6.07, 6.45) is 6.64. The number of allylic oxidation sites excluding steroid dienone is 1. The van der Waals surface area contributed by atoms with Crippen LogP contribution >= 0.6 is 0 Å². The second kappa shape index (κ2) is 5.35. The van der Waals surface area contributed by atoms with Crippen molar-refractivity contribution in [2.45, 2.75) is 25.4 Å². The molecule has 0 radical (unpaired) electrons. The first kappa shape index (κ1) is 10.7. The minimum Gasteiger partial charge on any atom is -0.442 e. The Morgan fingerprint density at radius 1 is 1.31 bits per heavy atom. The van der Waals surface area contributed by atoms with Crippen LogP contribution in [0.15, 0.2) is 42.5 Å². The van der Waals surface area contributed by atoms with Gasteiger partial charge in [0.15, 0.2) is 0 Å². The highest BCUT2D eigenvalue weighted by Crippen LogP contribution is 2.14. The molecule has 0 heterocycles. The van der Waals surface area contributed by atoms with Crippen LogP contribution in [0.25, 0.3) is 0 Å². The summed E-state index contributed by atoms with van der Waals surface area (Å²) in [6.45, 7) is 0. The highest BCUT2D eigenvalue weighted by atomic mass is 16.6. The van der Waals surface area contributed by atoms with E-state index in [9.17, 15) is 4.79 Å². The van der Waals surface area contributed by atoms with Crippen molar-refractivity contribution in [3.63, 3.8) is 0 Å². The molecule has 0 spiro atoms.